The van der Waals surface area contributed by atoms with E-state index in [1.807, 2.05) is 0 Å². The van der Waals surface area contributed by atoms with Gasteiger partial charge in [0.05, 0.1) is 6.33 Å². The first kappa shape index (κ1) is 12.4. The van der Waals surface area contributed by atoms with Gasteiger partial charge in [-0.1, -0.05) is 25.4 Å². The fourth-order valence-electron chi connectivity index (χ4n) is 1.82. The van der Waals surface area contributed by atoms with Crippen molar-refractivity contribution in [2.75, 3.05) is 11.4 Å². The Morgan fingerprint density at radius 2 is 2.29 bits per heavy atom. The van der Waals surface area contributed by atoms with Crippen molar-refractivity contribution >= 4 is 17.4 Å². The van der Waals surface area contributed by atoms with Crippen molar-refractivity contribution in [2.24, 2.45) is 5.92 Å². The van der Waals surface area contributed by atoms with Gasteiger partial charge >= 0.3 is 0 Å². The van der Waals surface area contributed by atoms with E-state index in [-0.39, 0.29) is 10.6 Å². The number of hydrogen-bond donors (Lipinski definition) is 1. The van der Waals surface area contributed by atoms with Crippen LogP contribution in [0.3, 0.4) is 0 Å². The number of anilines is 1. The standard InChI is InChI=1S/C12H18ClN3O/c1-8(2)5-6-16(9-3-4-9)11-10(13)12(17)15-7-14-11/h7-9H,3-6H2,1-2H3,(H,14,15,17). The third kappa shape index (κ3) is 3.00. The predicted molar refractivity (Wildman–Crippen MR) is 69.7 cm³/mol. The molecule has 0 spiro atoms. The zero-order valence-corrected chi connectivity index (χ0v) is 11.0. The number of nitrogens with one attached hydrogen (secondary N) is 1. The summed E-state index contributed by atoms with van der Waals surface area (Å²) in [7, 11) is 0. The highest BCUT2D eigenvalue weighted by atomic mass is 35.5. The van der Waals surface area contributed by atoms with E-state index in [4.69, 9.17) is 11.6 Å². The number of hydrogen-bond acceptors (Lipinski definition) is 3. The molecule has 4 nitrogen and oxygen atoms in total. The topological polar surface area (TPSA) is 49.0 Å². The minimum absolute atomic E-state index is 0.211. The average molecular weight is 256 g/mol. The van der Waals surface area contributed by atoms with Crippen molar-refractivity contribution in [1.82, 2.24) is 9.97 Å². The Hall–Kier alpha value is -1.03. The van der Waals surface area contributed by atoms with Crippen LogP contribution in [0.25, 0.3) is 0 Å². The van der Waals surface area contributed by atoms with Gasteiger partial charge < -0.3 is 9.88 Å². The molecule has 5 heteroatoms. The molecule has 17 heavy (non-hydrogen) atoms. The van der Waals surface area contributed by atoms with Gasteiger partial charge in [0.1, 0.15) is 5.02 Å². The summed E-state index contributed by atoms with van der Waals surface area (Å²) >= 11 is 6.03. The Morgan fingerprint density at radius 3 is 2.88 bits per heavy atom. The number of H-pyrrole nitrogens is 1. The second-order valence-electron chi connectivity index (χ2n) is 4.98. The van der Waals surface area contributed by atoms with E-state index in [1.54, 1.807) is 0 Å². The molecule has 1 aromatic heterocycles. The molecule has 0 saturated heterocycles. The lowest BCUT2D eigenvalue weighted by Gasteiger charge is -2.24. The summed E-state index contributed by atoms with van der Waals surface area (Å²) in [6.07, 6.45) is 4.85. The van der Waals surface area contributed by atoms with Crippen molar-refractivity contribution in [1.29, 1.82) is 0 Å². The van der Waals surface area contributed by atoms with Gasteiger partial charge in [0, 0.05) is 12.6 Å². The van der Waals surface area contributed by atoms with E-state index < -0.39 is 0 Å². The summed E-state index contributed by atoms with van der Waals surface area (Å²) in [5, 5.41) is 0.211. The highest BCUT2D eigenvalue weighted by Crippen LogP contribution is 2.33. The average Bonchev–Trinajstić information content (AvgIpc) is 3.08. The van der Waals surface area contributed by atoms with Crippen LogP contribution in [0.2, 0.25) is 5.02 Å². The van der Waals surface area contributed by atoms with Crippen molar-refractivity contribution in [3.05, 3.63) is 21.7 Å². The smallest absolute Gasteiger partial charge is 0.271 e. The SMILES string of the molecule is CC(C)CCN(c1nc[nH]c(=O)c1Cl)C1CC1. The largest absolute Gasteiger partial charge is 0.352 e. The zero-order chi connectivity index (χ0) is 12.4. The molecule has 1 heterocycles. The van der Waals surface area contributed by atoms with Gasteiger partial charge in [-0.2, -0.15) is 0 Å². The molecular formula is C12H18ClN3O. The lowest BCUT2D eigenvalue weighted by atomic mass is 10.1. The summed E-state index contributed by atoms with van der Waals surface area (Å²) in [6, 6.07) is 0.514. The molecule has 1 aliphatic carbocycles. The second-order valence-corrected chi connectivity index (χ2v) is 5.35. The van der Waals surface area contributed by atoms with Crippen LogP contribution in [0, 0.1) is 5.92 Å². The van der Waals surface area contributed by atoms with E-state index in [2.05, 4.69) is 28.7 Å². The van der Waals surface area contributed by atoms with Crippen LogP contribution in [0.15, 0.2) is 11.1 Å². The molecule has 0 atom stereocenters. The van der Waals surface area contributed by atoms with Gasteiger partial charge in [0.25, 0.3) is 5.56 Å². The molecule has 1 aromatic rings. The highest BCUT2D eigenvalue weighted by Gasteiger charge is 2.31. The molecule has 0 amide bonds. The molecule has 1 saturated carbocycles. The van der Waals surface area contributed by atoms with Crippen LogP contribution >= 0.6 is 11.6 Å². The maximum Gasteiger partial charge on any atom is 0.271 e. The summed E-state index contributed by atoms with van der Waals surface area (Å²) in [4.78, 5) is 20.4. The first-order chi connectivity index (χ1) is 8.09. The second kappa shape index (κ2) is 5.08. The van der Waals surface area contributed by atoms with Gasteiger partial charge in [-0.15, -0.1) is 0 Å². The molecule has 1 fully saturated rings. The number of aromatic nitrogens is 2. The molecular weight excluding hydrogens is 238 g/mol. The van der Waals surface area contributed by atoms with Gasteiger partial charge in [-0.05, 0) is 25.2 Å². The predicted octanol–water partition coefficient (Wildman–Crippen LogP) is 2.44. The van der Waals surface area contributed by atoms with Crippen LogP contribution in [-0.4, -0.2) is 22.6 Å². The molecule has 0 bridgehead atoms. The first-order valence-electron chi connectivity index (χ1n) is 6.09. The number of aromatic amines is 1. The van der Waals surface area contributed by atoms with Crippen molar-refractivity contribution in [3.63, 3.8) is 0 Å². The molecule has 0 unspecified atom stereocenters. The fourth-order valence-corrected chi connectivity index (χ4v) is 2.03. The Balaban J connectivity index is 2.20. The lowest BCUT2D eigenvalue weighted by Crippen LogP contribution is -2.30. The van der Waals surface area contributed by atoms with E-state index in [1.165, 1.54) is 19.2 Å². The molecule has 1 aliphatic rings. The van der Waals surface area contributed by atoms with Crippen LogP contribution in [0.4, 0.5) is 5.82 Å². The maximum atomic E-state index is 11.5. The third-order valence-corrected chi connectivity index (χ3v) is 3.33. The minimum atomic E-state index is -0.258. The minimum Gasteiger partial charge on any atom is -0.352 e. The lowest BCUT2D eigenvalue weighted by molar-refractivity contribution is 0.568. The molecule has 2 rings (SSSR count). The van der Waals surface area contributed by atoms with Crippen LogP contribution in [0.5, 0.6) is 0 Å². The molecule has 0 aliphatic heterocycles. The summed E-state index contributed by atoms with van der Waals surface area (Å²) in [5.74, 6) is 1.27. The van der Waals surface area contributed by atoms with Gasteiger partial charge in [-0.25, -0.2) is 4.98 Å². The fraction of sp³-hybridized carbons (Fsp3) is 0.667. The number of rotatable bonds is 5. The molecule has 0 radical (unpaired) electrons. The molecule has 1 N–H and O–H groups in total. The third-order valence-electron chi connectivity index (χ3n) is 2.99. The van der Waals surface area contributed by atoms with E-state index in [0.717, 1.165) is 13.0 Å². The quantitative estimate of drug-likeness (QED) is 0.879. The normalized spacial score (nSPS) is 15.3. The molecule has 94 valence electrons. The monoisotopic (exact) mass is 255 g/mol. The molecule has 0 aromatic carbocycles. The van der Waals surface area contributed by atoms with Gasteiger partial charge in [-0.3, -0.25) is 4.79 Å². The van der Waals surface area contributed by atoms with E-state index in [9.17, 15) is 4.79 Å². The van der Waals surface area contributed by atoms with Gasteiger partial charge in [0.2, 0.25) is 0 Å². The van der Waals surface area contributed by atoms with E-state index in [0.29, 0.717) is 17.8 Å². The van der Waals surface area contributed by atoms with Crippen LogP contribution < -0.4 is 10.5 Å². The Morgan fingerprint density at radius 1 is 1.59 bits per heavy atom. The zero-order valence-electron chi connectivity index (χ0n) is 10.2. The number of nitrogens with zero attached hydrogens (tertiary/aromatic N) is 2. The summed E-state index contributed by atoms with van der Waals surface area (Å²) in [6.45, 7) is 5.30. The van der Waals surface area contributed by atoms with Crippen LogP contribution in [-0.2, 0) is 0 Å². The Kier molecular flexibility index (Phi) is 3.72. The first-order valence-corrected chi connectivity index (χ1v) is 6.47. The van der Waals surface area contributed by atoms with Crippen molar-refractivity contribution in [2.45, 2.75) is 39.2 Å². The van der Waals surface area contributed by atoms with Crippen molar-refractivity contribution < 1.29 is 0 Å². The maximum absolute atomic E-state index is 11.5. The number of halogens is 1. The highest BCUT2D eigenvalue weighted by molar-refractivity contribution is 6.32. The van der Waals surface area contributed by atoms with Crippen molar-refractivity contribution in [3.8, 4) is 0 Å². The summed E-state index contributed by atoms with van der Waals surface area (Å²) in [5.41, 5.74) is -0.258. The Bertz CT molecular complexity index is 440. The Labute approximate surface area is 106 Å². The summed E-state index contributed by atoms with van der Waals surface area (Å²) < 4.78 is 0. The van der Waals surface area contributed by atoms with E-state index >= 15 is 0 Å². The van der Waals surface area contributed by atoms with Gasteiger partial charge in [0.15, 0.2) is 5.82 Å². The van der Waals surface area contributed by atoms with Crippen LogP contribution in [0.1, 0.15) is 33.1 Å².